The van der Waals surface area contributed by atoms with Crippen LogP contribution in [-0.4, -0.2) is 42.4 Å². The average Bonchev–Trinajstić information content (AvgIpc) is 2.43. The van der Waals surface area contributed by atoms with Crippen molar-refractivity contribution in [1.29, 1.82) is 0 Å². The minimum absolute atomic E-state index is 0.0228. The van der Waals surface area contributed by atoms with E-state index < -0.39 is 6.04 Å². The van der Waals surface area contributed by atoms with Gasteiger partial charge in [-0.2, -0.15) is 0 Å². The smallest absolute Gasteiger partial charge is 0.244 e. The van der Waals surface area contributed by atoms with E-state index in [2.05, 4.69) is 26.1 Å². The number of nitrogens with two attached hydrogens (primary N) is 1. The molecule has 0 radical (unpaired) electrons. The van der Waals surface area contributed by atoms with E-state index in [4.69, 9.17) is 5.73 Å². The van der Waals surface area contributed by atoms with Gasteiger partial charge in [-0.15, -0.1) is 0 Å². The molecule has 21 heavy (non-hydrogen) atoms. The highest BCUT2D eigenvalue weighted by molar-refractivity contribution is 5.88. The van der Waals surface area contributed by atoms with E-state index >= 15 is 0 Å². The zero-order valence-corrected chi connectivity index (χ0v) is 13.9. The summed E-state index contributed by atoms with van der Waals surface area (Å²) in [5.74, 6) is -0.318. The predicted octanol–water partition coefficient (Wildman–Crippen LogP) is 1.51. The fourth-order valence-electron chi connectivity index (χ4n) is 2.80. The van der Waals surface area contributed by atoms with E-state index in [0.29, 0.717) is 6.54 Å². The van der Waals surface area contributed by atoms with E-state index in [1.165, 1.54) is 6.42 Å². The first-order valence-electron chi connectivity index (χ1n) is 8.04. The van der Waals surface area contributed by atoms with Crippen molar-refractivity contribution in [2.24, 2.45) is 17.1 Å². The van der Waals surface area contributed by atoms with Crippen LogP contribution in [0.25, 0.3) is 0 Å². The van der Waals surface area contributed by atoms with Crippen LogP contribution in [0, 0.1) is 11.3 Å². The van der Waals surface area contributed by atoms with Crippen LogP contribution < -0.4 is 11.1 Å². The van der Waals surface area contributed by atoms with Gasteiger partial charge >= 0.3 is 0 Å². The number of nitrogens with one attached hydrogen (secondary N) is 1. The molecule has 0 aromatic carbocycles. The summed E-state index contributed by atoms with van der Waals surface area (Å²) in [6.07, 6.45) is 4.02. The van der Waals surface area contributed by atoms with E-state index in [1.54, 1.807) is 6.92 Å². The minimum Gasteiger partial charge on any atom is -0.344 e. The Bertz CT molecular complexity index is 357. The van der Waals surface area contributed by atoms with Crippen molar-refractivity contribution >= 4 is 11.8 Å². The molecular weight excluding hydrogens is 266 g/mol. The summed E-state index contributed by atoms with van der Waals surface area (Å²) in [6, 6.07) is -0.468. The molecule has 1 saturated heterocycles. The van der Waals surface area contributed by atoms with Crippen molar-refractivity contribution in [3.8, 4) is 0 Å². The SMILES string of the molecule is CC(NC(=O)C(CN)CC(C)(C)C)C(=O)N1CCCCC1. The molecule has 1 heterocycles. The van der Waals surface area contributed by atoms with Gasteiger partial charge in [-0.3, -0.25) is 9.59 Å². The number of hydrogen-bond donors (Lipinski definition) is 2. The Morgan fingerprint density at radius 3 is 2.24 bits per heavy atom. The molecule has 1 aliphatic heterocycles. The zero-order valence-electron chi connectivity index (χ0n) is 13.9. The van der Waals surface area contributed by atoms with Crippen LogP contribution in [0.5, 0.6) is 0 Å². The second kappa shape index (κ2) is 7.78. The average molecular weight is 297 g/mol. The molecule has 0 saturated carbocycles. The molecule has 0 aromatic rings. The molecule has 3 N–H and O–H groups in total. The number of carbonyl (C=O) groups is 2. The van der Waals surface area contributed by atoms with Crippen LogP contribution in [-0.2, 0) is 9.59 Å². The second-order valence-electron chi connectivity index (χ2n) is 7.31. The molecule has 0 aromatic heterocycles. The number of nitrogens with zero attached hydrogens (tertiary/aromatic N) is 1. The lowest BCUT2D eigenvalue weighted by Gasteiger charge is -2.30. The third-order valence-corrected chi connectivity index (χ3v) is 3.91. The second-order valence-corrected chi connectivity index (χ2v) is 7.31. The Morgan fingerprint density at radius 2 is 1.76 bits per heavy atom. The highest BCUT2D eigenvalue weighted by Gasteiger charge is 2.28. The maximum absolute atomic E-state index is 12.3. The molecule has 0 aliphatic carbocycles. The standard InChI is InChI=1S/C16H31N3O2/c1-12(15(21)19-8-6-5-7-9-19)18-14(20)13(11-17)10-16(2,3)4/h12-13H,5-11,17H2,1-4H3,(H,18,20). The normalized spacial score (nSPS) is 19.0. The molecule has 0 spiro atoms. The number of carbonyl (C=O) groups excluding carboxylic acids is 2. The summed E-state index contributed by atoms with van der Waals surface area (Å²) < 4.78 is 0. The largest absolute Gasteiger partial charge is 0.344 e. The number of likely N-dealkylation sites (tertiary alicyclic amines) is 1. The van der Waals surface area contributed by atoms with Crippen LogP contribution in [0.15, 0.2) is 0 Å². The molecule has 1 rings (SSSR count). The van der Waals surface area contributed by atoms with Crippen molar-refractivity contribution in [3.63, 3.8) is 0 Å². The highest BCUT2D eigenvalue weighted by atomic mass is 16.2. The number of rotatable bonds is 5. The molecule has 2 unspecified atom stereocenters. The molecule has 5 heteroatoms. The lowest BCUT2D eigenvalue weighted by Crippen LogP contribution is -2.50. The Morgan fingerprint density at radius 1 is 1.19 bits per heavy atom. The topological polar surface area (TPSA) is 75.4 Å². The molecule has 2 atom stereocenters. The van der Waals surface area contributed by atoms with Crippen molar-refractivity contribution in [2.45, 2.75) is 59.4 Å². The van der Waals surface area contributed by atoms with Gasteiger partial charge in [0.2, 0.25) is 11.8 Å². The summed E-state index contributed by atoms with van der Waals surface area (Å²) >= 11 is 0. The summed E-state index contributed by atoms with van der Waals surface area (Å²) in [7, 11) is 0. The summed E-state index contributed by atoms with van der Waals surface area (Å²) in [4.78, 5) is 26.5. The van der Waals surface area contributed by atoms with E-state index in [9.17, 15) is 9.59 Å². The van der Waals surface area contributed by atoms with Crippen LogP contribution in [0.3, 0.4) is 0 Å². The van der Waals surface area contributed by atoms with Gasteiger partial charge in [-0.1, -0.05) is 20.8 Å². The Balaban J connectivity index is 2.53. The molecule has 2 amide bonds. The van der Waals surface area contributed by atoms with Crippen LogP contribution in [0.2, 0.25) is 0 Å². The van der Waals surface area contributed by atoms with Gasteiger partial charge in [-0.25, -0.2) is 0 Å². The van der Waals surface area contributed by atoms with Crippen molar-refractivity contribution in [3.05, 3.63) is 0 Å². The maximum atomic E-state index is 12.3. The first kappa shape index (κ1) is 18.0. The quantitative estimate of drug-likeness (QED) is 0.808. The van der Waals surface area contributed by atoms with Crippen LogP contribution in [0.1, 0.15) is 53.4 Å². The Labute approximate surface area is 128 Å². The van der Waals surface area contributed by atoms with Crippen LogP contribution >= 0.6 is 0 Å². The minimum atomic E-state index is -0.468. The zero-order chi connectivity index (χ0) is 16.0. The molecule has 1 aliphatic rings. The molecule has 0 bridgehead atoms. The van der Waals surface area contributed by atoms with E-state index in [1.807, 2.05) is 4.90 Å². The van der Waals surface area contributed by atoms with Gasteiger partial charge in [0.15, 0.2) is 0 Å². The van der Waals surface area contributed by atoms with Gasteiger partial charge in [0.05, 0.1) is 5.92 Å². The monoisotopic (exact) mass is 297 g/mol. The summed E-state index contributed by atoms with van der Waals surface area (Å²) in [5, 5.41) is 2.84. The number of amides is 2. The summed E-state index contributed by atoms with van der Waals surface area (Å²) in [5.41, 5.74) is 5.76. The van der Waals surface area contributed by atoms with Gasteiger partial charge in [0.1, 0.15) is 6.04 Å². The predicted molar refractivity (Wildman–Crippen MR) is 84.7 cm³/mol. The van der Waals surface area contributed by atoms with Gasteiger partial charge < -0.3 is 16.0 Å². The third-order valence-electron chi connectivity index (χ3n) is 3.91. The van der Waals surface area contributed by atoms with Crippen LogP contribution in [0.4, 0.5) is 0 Å². The first-order valence-corrected chi connectivity index (χ1v) is 8.04. The Kier molecular flexibility index (Phi) is 6.65. The highest BCUT2D eigenvalue weighted by Crippen LogP contribution is 2.24. The molecule has 122 valence electrons. The lowest BCUT2D eigenvalue weighted by atomic mass is 9.84. The van der Waals surface area contributed by atoms with Crippen molar-refractivity contribution in [1.82, 2.24) is 10.2 Å². The Hall–Kier alpha value is -1.10. The third kappa shape index (κ3) is 6.04. The van der Waals surface area contributed by atoms with Crippen molar-refractivity contribution in [2.75, 3.05) is 19.6 Å². The van der Waals surface area contributed by atoms with E-state index in [-0.39, 0.29) is 23.1 Å². The summed E-state index contributed by atoms with van der Waals surface area (Å²) in [6.45, 7) is 9.96. The first-order chi connectivity index (χ1) is 9.74. The molecular formula is C16H31N3O2. The van der Waals surface area contributed by atoms with Crippen molar-refractivity contribution < 1.29 is 9.59 Å². The fraction of sp³-hybridized carbons (Fsp3) is 0.875. The van der Waals surface area contributed by atoms with Gasteiger partial charge in [-0.05, 0) is 38.0 Å². The maximum Gasteiger partial charge on any atom is 0.244 e. The van der Waals surface area contributed by atoms with Gasteiger partial charge in [0, 0.05) is 19.6 Å². The fourth-order valence-corrected chi connectivity index (χ4v) is 2.80. The lowest BCUT2D eigenvalue weighted by molar-refractivity contribution is -0.137. The molecule has 1 fully saturated rings. The number of hydrogen-bond acceptors (Lipinski definition) is 3. The van der Waals surface area contributed by atoms with E-state index in [0.717, 1.165) is 32.4 Å². The molecule has 5 nitrogen and oxygen atoms in total. The van der Waals surface area contributed by atoms with Gasteiger partial charge in [0.25, 0.3) is 0 Å². The number of piperidine rings is 1.